The van der Waals surface area contributed by atoms with Gasteiger partial charge in [-0.1, -0.05) is 30.3 Å². The molecule has 0 radical (unpaired) electrons. The van der Waals surface area contributed by atoms with Gasteiger partial charge in [0.25, 0.3) is 5.91 Å². The minimum absolute atomic E-state index is 0.127. The number of pyridine rings is 1. The van der Waals surface area contributed by atoms with Gasteiger partial charge < -0.3 is 15.8 Å². The van der Waals surface area contributed by atoms with Gasteiger partial charge in [-0.3, -0.25) is 4.79 Å². The number of nitrogens with two attached hydrogens (primary N) is 1. The van der Waals surface area contributed by atoms with Crippen LogP contribution in [0.5, 0.6) is 0 Å². The van der Waals surface area contributed by atoms with Gasteiger partial charge in [-0.25, -0.2) is 4.98 Å². The van der Waals surface area contributed by atoms with Crippen LogP contribution in [0.4, 0.5) is 5.82 Å². The zero-order chi connectivity index (χ0) is 16.2. The van der Waals surface area contributed by atoms with Crippen molar-refractivity contribution in [2.45, 2.75) is 31.6 Å². The molecule has 1 aromatic heterocycles. The second kappa shape index (κ2) is 7.10. The average Bonchev–Trinajstić information content (AvgIpc) is 2.52. The zero-order valence-electron chi connectivity index (χ0n) is 12.5. The summed E-state index contributed by atoms with van der Waals surface area (Å²) in [5, 5.41) is 2.97. The van der Waals surface area contributed by atoms with E-state index >= 15 is 0 Å². The minimum Gasteiger partial charge on any atom is -0.383 e. The van der Waals surface area contributed by atoms with Crippen LogP contribution in [-0.4, -0.2) is 23.0 Å². The number of aromatic nitrogens is 1. The van der Waals surface area contributed by atoms with Crippen molar-refractivity contribution in [2.75, 3.05) is 5.73 Å². The van der Waals surface area contributed by atoms with Gasteiger partial charge in [0.05, 0.1) is 18.3 Å². The molecule has 0 bridgehead atoms. The Kier molecular flexibility index (Phi) is 4.93. The summed E-state index contributed by atoms with van der Waals surface area (Å²) < 4.78 is 6.56. The first-order valence-electron chi connectivity index (χ1n) is 7.49. The van der Waals surface area contributed by atoms with Gasteiger partial charge in [0, 0.05) is 16.7 Å². The first-order chi connectivity index (χ1) is 11.1. The van der Waals surface area contributed by atoms with Gasteiger partial charge in [0.1, 0.15) is 5.82 Å². The molecule has 3 rings (SSSR count). The third-order valence-corrected chi connectivity index (χ3v) is 4.32. The number of nitrogen functional groups attached to an aromatic ring is 1. The molecule has 1 heterocycles. The third-order valence-electron chi connectivity index (χ3n) is 3.89. The Morgan fingerprint density at radius 3 is 2.83 bits per heavy atom. The molecule has 0 saturated heterocycles. The molecule has 0 unspecified atom stereocenters. The maximum absolute atomic E-state index is 12.2. The first-order valence-corrected chi connectivity index (χ1v) is 8.28. The van der Waals surface area contributed by atoms with E-state index in [0.717, 1.165) is 22.9 Å². The largest absolute Gasteiger partial charge is 0.383 e. The molecule has 6 heteroatoms. The number of amides is 1. The van der Waals surface area contributed by atoms with Crippen LogP contribution < -0.4 is 11.1 Å². The highest BCUT2D eigenvalue weighted by atomic mass is 79.9. The van der Waals surface area contributed by atoms with Crippen LogP contribution in [0, 0.1) is 0 Å². The number of ether oxygens (including phenoxy) is 1. The highest BCUT2D eigenvalue weighted by Gasteiger charge is 2.31. The molecule has 2 aromatic rings. The Morgan fingerprint density at radius 1 is 1.35 bits per heavy atom. The highest BCUT2D eigenvalue weighted by Crippen LogP contribution is 2.25. The smallest absolute Gasteiger partial charge is 0.255 e. The number of halogens is 1. The van der Waals surface area contributed by atoms with E-state index in [9.17, 15) is 4.79 Å². The molecule has 3 N–H and O–H groups in total. The molecule has 1 aromatic carbocycles. The number of hydrogen-bond acceptors (Lipinski definition) is 4. The molecule has 0 aliphatic heterocycles. The van der Waals surface area contributed by atoms with Crippen LogP contribution in [0.25, 0.3) is 0 Å². The second-order valence-corrected chi connectivity index (χ2v) is 6.56. The van der Waals surface area contributed by atoms with E-state index in [-0.39, 0.29) is 23.9 Å². The fraction of sp³-hybridized carbons (Fsp3) is 0.294. The molecule has 0 atom stereocenters. The predicted molar refractivity (Wildman–Crippen MR) is 91.9 cm³/mol. The summed E-state index contributed by atoms with van der Waals surface area (Å²) in [5.74, 6) is 0.0460. The topological polar surface area (TPSA) is 77.2 Å². The molecular weight excluding hydrogens is 358 g/mol. The Labute approximate surface area is 143 Å². The number of anilines is 1. The summed E-state index contributed by atoms with van der Waals surface area (Å²) in [6, 6.07) is 11.9. The SMILES string of the molecule is Nc1ncc(Br)cc1C(=O)NC1CC(OCc2ccccc2)C1. The molecule has 23 heavy (non-hydrogen) atoms. The standard InChI is InChI=1S/C17H18BrN3O2/c18-12-6-15(16(19)20-9-12)17(22)21-13-7-14(8-13)23-10-11-4-2-1-3-5-11/h1-6,9,13-14H,7-8,10H2,(H2,19,20)(H,21,22). The van der Waals surface area contributed by atoms with Crippen molar-refractivity contribution in [2.24, 2.45) is 0 Å². The van der Waals surface area contributed by atoms with Crippen LogP contribution >= 0.6 is 15.9 Å². The van der Waals surface area contributed by atoms with Crippen LogP contribution in [-0.2, 0) is 11.3 Å². The molecule has 1 saturated carbocycles. The molecule has 1 amide bonds. The number of nitrogens with zero attached hydrogens (tertiary/aromatic N) is 1. The molecule has 1 aliphatic rings. The Morgan fingerprint density at radius 2 is 2.09 bits per heavy atom. The quantitative estimate of drug-likeness (QED) is 0.841. The molecule has 1 aliphatic carbocycles. The first kappa shape index (κ1) is 16.0. The summed E-state index contributed by atoms with van der Waals surface area (Å²) in [5.41, 5.74) is 7.30. The Hall–Kier alpha value is -1.92. The Bertz CT molecular complexity index is 687. The van der Waals surface area contributed by atoms with Gasteiger partial charge in [-0.2, -0.15) is 0 Å². The lowest BCUT2D eigenvalue weighted by Crippen LogP contribution is -2.47. The zero-order valence-corrected chi connectivity index (χ0v) is 14.1. The summed E-state index contributed by atoms with van der Waals surface area (Å²) in [6.45, 7) is 0.606. The molecule has 120 valence electrons. The van der Waals surface area contributed by atoms with Gasteiger partial charge in [0.2, 0.25) is 0 Å². The van der Waals surface area contributed by atoms with E-state index in [1.54, 1.807) is 12.3 Å². The van der Waals surface area contributed by atoms with E-state index in [0.29, 0.717) is 12.2 Å². The fourth-order valence-corrected chi connectivity index (χ4v) is 2.83. The van der Waals surface area contributed by atoms with E-state index in [4.69, 9.17) is 10.5 Å². The van der Waals surface area contributed by atoms with Crippen molar-refractivity contribution >= 4 is 27.7 Å². The maximum Gasteiger partial charge on any atom is 0.255 e. The summed E-state index contributed by atoms with van der Waals surface area (Å²) in [7, 11) is 0. The van der Waals surface area contributed by atoms with Gasteiger partial charge in [-0.05, 0) is 40.4 Å². The van der Waals surface area contributed by atoms with E-state index in [1.807, 2.05) is 30.3 Å². The van der Waals surface area contributed by atoms with Gasteiger partial charge in [0.15, 0.2) is 0 Å². The number of rotatable bonds is 5. The number of hydrogen-bond donors (Lipinski definition) is 2. The van der Waals surface area contributed by atoms with Gasteiger partial charge in [-0.15, -0.1) is 0 Å². The van der Waals surface area contributed by atoms with Crippen LogP contribution in [0.3, 0.4) is 0 Å². The predicted octanol–water partition coefficient (Wildman–Crippen LogP) is 2.90. The van der Waals surface area contributed by atoms with Crippen molar-refractivity contribution in [3.05, 3.63) is 58.2 Å². The van der Waals surface area contributed by atoms with Crippen molar-refractivity contribution in [3.63, 3.8) is 0 Å². The minimum atomic E-state index is -0.192. The molecule has 1 fully saturated rings. The lowest BCUT2D eigenvalue weighted by molar-refractivity contribution is -0.0251. The average molecular weight is 376 g/mol. The van der Waals surface area contributed by atoms with Crippen LogP contribution in [0.2, 0.25) is 0 Å². The second-order valence-electron chi connectivity index (χ2n) is 5.65. The number of carbonyl (C=O) groups excluding carboxylic acids is 1. The maximum atomic E-state index is 12.2. The van der Waals surface area contributed by atoms with Crippen molar-refractivity contribution < 1.29 is 9.53 Å². The van der Waals surface area contributed by atoms with Crippen molar-refractivity contribution in [3.8, 4) is 0 Å². The Balaban J connectivity index is 1.45. The summed E-state index contributed by atoms with van der Waals surface area (Å²) in [6.07, 6.45) is 3.40. The van der Waals surface area contributed by atoms with Crippen LogP contribution in [0.1, 0.15) is 28.8 Å². The number of benzene rings is 1. The number of nitrogens with one attached hydrogen (secondary N) is 1. The summed E-state index contributed by atoms with van der Waals surface area (Å²) >= 11 is 3.30. The number of carbonyl (C=O) groups is 1. The van der Waals surface area contributed by atoms with E-state index < -0.39 is 0 Å². The van der Waals surface area contributed by atoms with Crippen LogP contribution in [0.15, 0.2) is 47.1 Å². The van der Waals surface area contributed by atoms with E-state index in [2.05, 4.69) is 26.2 Å². The summed E-state index contributed by atoms with van der Waals surface area (Å²) in [4.78, 5) is 16.2. The fourth-order valence-electron chi connectivity index (χ4n) is 2.50. The van der Waals surface area contributed by atoms with Crippen molar-refractivity contribution in [1.82, 2.24) is 10.3 Å². The highest BCUT2D eigenvalue weighted by molar-refractivity contribution is 9.10. The molecular formula is C17H18BrN3O2. The third kappa shape index (κ3) is 4.09. The normalized spacial score (nSPS) is 19.9. The van der Waals surface area contributed by atoms with Crippen molar-refractivity contribution in [1.29, 1.82) is 0 Å². The lowest BCUT2D eigenvalue weighted by Gasteiger charge is -2.35. The van der Waals surface area contributed by atoms with E-state index in [1.165, 1.54) is 0 Å². The monoisotopic (exact) mass is 375 g/mol. The lowest BCUT2D eigenvalue weighted by atomic mass is 9.89. The molecule has 0 spiro atoms. The molecule has 5 nitrogen and oxygen atoms in total. The van der Waals surface area contributed by atoms with Gasteiger partial charge >= 0.3 is 0 Å².